The molecular weight excluding hydrogens is 244 g/mol. The van der Waals surface area contributed by atoms with E-state index in [1.54, 1.807) is 6.20 Å². The van der Waals surface area contributed by atoms with E-state index in [2.05, 4.69) is 25.4 Å². The molecule has 7 heteroatoms. The van der Waals surface area contributed by atoms with Crippen molar-refractivity contribution in [3.63, 3.8) is 0 Å². The van der Waals surface area contributed by atoms with Crippen molar-refractivity contribution in [2.75, 3.05) is 11.9 Å². The monoisotopic (exact) mass is 260 g/mol. The third-order valence-corrected chi connectivity index (χ3v) is 2.35. The topological polar surface area (TPSA) is 102 Å². The Hall–Kier alpha value is -2.44. The Balaban J connectivity index is 1.81. The van der Waals surface area contributed by atoms with Crippen LogP contribution in [0.5, 0.6) is 0 Å². The van der Waals surface area contributed by atoms with Gasteiger partial charge in [-0.05, 0) is 12.1 Å². The van der Waals surface area contributed by atoms with Crippen LogP contribution in [0.15, 0.2) is 33.9 Å². The minimum atomic E-state index is 0.318. The zero-order valence-corrected chi connectivity index (χ0v) is 10.7. The van der Waals surface area contributed by atoms with Crippen LogP contribution in [-0.2, 0) is 12.8 Å². The Morgan fingerprint density at radius 1 is 1.47 bits per heavy atom. The molecule has 0 aromatic carbocycles. The number of aliphatic imine (C=N–C) groups is 1. The molecule has 2 aromatic rings. The summed E-state index contributed by atoms with van der Waals surface area (Å²) >= 11 is 0. The van der Waals surface area contributed by atoms with Crippen molar-refractivity contribution >= 4 is 11.8 Å². The number of pyridine rings is 1. The van der Waals surface area contributed by atoms with Crippen LogP contribution < -0.4 is 11.1 Å². The van der Waals surface area contributed by atoms with E-state index < -0.39 is 0 Å². The highest BCUT2D eigenvalue weighted by Gasteiger charge is 2.03. The lowest BCUT2D eigenvalue weighted by Gasteiger charge is -2.03. The van der Waals surface area contributed by atoms with E-state index >= 15 is 0 Å². The molecular formula is C12H16N6O. The van der Waals surface area contributed by atoms with E-state index in [0.717, 1.165) is 6.42 Å². The van der Waals surface area contributed by atoms with Gasteiger partial charge in [-0.1, -0.05) is 18.1 Å². The lowest BCUT2D eigenvalue weighted by atomic mass is 10.4. The molecule has 0 aliphatic carbocycles. The molecule has 0 fully saturated rings. The van der Waals surface area contributed by atoms with Gasteiger partial charge in [0.1, 0.15) is 5.82 Å². The zero-order valence-electron chi connectivity index (χ0n) is 10.7. The summed E-state index contributed by atoms with van der Waals surface area (Å²) in [7, 11) is 0. The second-order valence-corrected chi connectivity index (χ2v) is 3.81. The van der Waals surface area contributed by atoms with Crippen LogP contribution in [0.4, 0.5) is 5.82 Å². The van der Waals surface area contributed by atoms with Crippen LogP contribution in [0.1, 0.15) is 18.6 Å². The zero-order chi connectivity index (χ0) is 13.5. The molecule has 0 aliphatic heterocycles. The molecule has 0 saturated heterocycles. The summed E-state index contributed by atoms with van der Waals surface area (Å²) in [6.45, 7) is 2.46. The fraction of sp³-hybridized carbons (Fsp3) is 0.333. The molecule has 0 unspecified atom stereocenters. The highest BCUT2D eigenvalue weighted by molar-refractivity contribution is 5.91. The highest BCUT2D eigenvalue weighted by atomic mass is 16.5. The molecule has 0 amide bonds. The molecule has 0 radical (unpaired) electrons. The van der Waals surface area contributed by atoms with Crippen LogP contribution >= 0.6 is 0 Å². The first kappa shape index (κ1) is 13.0. The molecule has 0 saturated carbocycles. The van der Waals surface area contributed by atoms with E-state index in [1.165, 1.54) is 0 Å². The largest absolute Gasteiger partial charge is 0.370 e. The van der Waals surface area contributed by atoms with Crippen molar-refractivity contribution in [2.24, 2.45) is 10.7 Å². The van der Waals surface area contributed by atoms with Gasteiger partial charge in [0.15, 0.2) is 11.8 Å². The predicted molar refractivity (Wildman–Crippen MR) is 71.7 cm³/mol. The Morgan fingerprint density at radius 2 is 2.37 bits per heavy atom. The number of nitrogens with two attached hydrogens (primary N) is 1. The number of rotatable bonds is 5. The van der Waals surface area contributed by atoms with Crippen molar-refractivity contribution in [3.8, 4) is 0 Å². The Bertz CT molecular complexity index is 536. The average Bonchev–Trinajstić information content (AvgIpc) is 2.88. The number of aryl methyl sites for hydroxylation is 1. The first-order valence-electron chi connectivity index (χ1n) is 6.07. The van der Waals surface area contributed by atoms with Crippen LogP contribution in [-0.4, -0.2) is 27.6 Å². The van der Waals surface area contributed by atoms with Crippen molar-refractivity contribution in [1.82, 2.24) is 15.1 Å². The number of aromatic nitrogens is 3. The maximum absolute atomic E-state index is 5.74. The summed E-state index contributed by atoms with van der Waals surface area (Å²) in [5.41, 5.74) is 5.74. The Kier molecular flexibility index (Phi) is 4.44. The van der Waals surface area contributed by atoms with Crippen molar-refractivity contribution in [2.45, 2.75) is 19.8 Å². The van der Waals surface area contributed by atoms with Gasteiger partial charge >= 0.3 is 0 Å². The van der Waals surface area contributed by atoms with Crippen LogP contribution in [0.2, 0.25) is 0 Å². The van der Waals surface area contributed by atoms with Gasteiger partial charge in [0, 0.05) is 25.6 Å². The second-order valence-electron chi connectivity index (χ2n) is 3.81. The van der Waals surface area contributed by atoms with Gasteiger partial charge in [0.2, 0.25) is 5.89 Å². The van der Waals surface area contributed by atoms with Gasteiger partial charge in [0.05, 0.1) is 0 Å². The molecule has 100 valence electrons. The van der Waals surface area contributed by atoms with Crippen molar-refractivity contribution in [3.05, 3.63) is 36.1 Å². The molecule has 0 bridgehead atoms. The summed E-state index contributed by atoms with van der Waals surface area (Å²) in [5.74, 6) is 2.26. The number of anilines is 1. The average molecular weight is 260 g/mol. The van der Waals surface area contributed by atoms with E-state index in [-0.39, 0.29) is 0 Å². The fourth-order valence-corrected chi connectivity index (χ4v) is 1.42. The van der Waals surface area contributed by atoms with Gasteiger partial charge in [-0.15, -0.1) is 0 Å². The van der Waals surface area contributed by atoms with Crippen LogP contribution in [0.3, 0.4) is 0 Å². The van der Waals surface area contributed by atoms with Gasteiger partial charge in [0.25, 0.3) is 0 Å². The first-order chi connectivity index (χ1) is 9.28. The summed E-state index contributed by atoms with van der Waals surface area (Å²) in [4.78, 5) is 12.4. The first-order valence-corrected chi connectivity index (χ1v) is 6.07. The Morgan fingerprint density at radius 3 is 3.05 bits per heavy atom. The molecule has 0 aliphatic rings. The maximum Gasteiger partial charge on any atom is 0.226 e. The van der Waals surface area contributed by atoms with Gasteiger partial charge in [-0.2, -0.15) is 4.98 Å². The fourth-order valence-electron chi connectivity index (χ4n) is 1.42. The lowest BCUT2D eigenvalue weighted by Crippen LogP contribution is -2.23. The van der Waals surface area contributed by atoms with Gasteiger partial charge < -0.3 is 15.6 Å². The van der Waals surface area contributed by atoms with E-state index in [0.29, 0.717) is 36.5 Å². The van der Waals surface area contributed by atoms with Crippen molar-refractivity contribution < 1.29 is 4.52 Å². The number of nitrogens with zero attached hydrogens (tertiary/aromatic N) is 4. The molecule has 2 rings (SSSR count). The molecule has 19 heavy (non-hydrogen) atoms. The second kappa shape index (κ2) is 6.48. The maximum atomic E-state index is 5.74. The smallest absolute Gasteiger partial charge is 0.226 e. The molecule has 2 aromatic heterocycles. The normalized spacial score (nSPS) is 11.5. The minimum absolute atomic E-state index is 0.318. The number of guanidine groups is 1. The van der Waals surface area contributed by atoms with E-state index in [9.17, 15) is 0 Å². The molecule has 2 heterocycles. The lowest BCUT2D eigenvalue weighted by molar-refractivity contribution is 0.376. The van der Waals surface area contributed by atoms with Gasteiger partial charge in [-0.25, -0.2) is 4.98 Å². The molecule has 7 nitrogen and oxygen atoms in total. The summed E-state index contributed by atoms with van der Waals surface area (Å²) < 4.78 is 5.00. The highest BCUT2D eigenvalue weighted by Crippen LogP contribution is 2.00. The summed E-state index contributed by atoms with van der Waals surface area (Å²) in [6, 6.07) is 5.52. The minimum Gasteiger partial charge on any atom is -0.370 e. The third kappa shape index (κ3) is 4.06. The number of hydrogen-bond donors (Lipinski definition) is 2. The van der Waals surface area contributed by atoms with Crippen molar-refractivity contribution in [1.29, 1.82) is 0 Å². The molecule has 0 atom stereocenters. The summed E-state index contributed by atoms with van der Waals surface area (Å²) in [6.07, 6.45) is 3.01. The standard InChI is InChI=1S/C12H16N6O/c1-2-11-16-10(18-19-11)6-8-15-12(13)17-9-5-3-4-7-14-9/h3-5,7H,2,6,8H2,1H3,(H3,13,14,15,17). The quantitative estimate of drug-likeness (QED) is 0.614. The number of hydrogen-bond acceptors (Lipinski definition) is 5. The molecule has 0 spiro atoms. The molecule has 3 N–H and O–H groups in total. The Labute approximate surface area is 111 Å². The third-order valence-electron chi connectivity index (χ3n) is 2.35. The van der Waals surface area contributed by atoms with Crippen LogP contribution in [0.25, 0.3) is 0 Å². The summed E-state index contributed by atoms with van der Waals surface area (Å²) in [5, 5.41) is 6.74. The SMILES string of the molecule is CCc1nc(CCN=C(N)Nc2ccccn2)no1. The predicted octanol–water partition coefficient (Wildman–Crippen LogP) is 0.996. The number of nitrogens with one attached hydrogen (secondary N) is 1. The van der Waals surface area contributed by atoms with E-state index in [4.69, 9.17) is 10.3 Å². The van der Waals surface area contributed by atoms with Gasteiger partial charge in [-0.3, -0.25) is 4.99 Å². The van der Waals surface area contributed by atoms with Crippen LogP contribution in [0, 0.1) is 0 Å². The van der Waals surface area contributed by atoms with E-state index in [1.807, 2.05) is 25.1 Å².